The lowest BCUT2D eigenvalue weighted by atomic mass is 10.1. The predicted octanol–water partition coefficient (Wildman–Crippen LogP) is 2.17. The van der Waals surface area contributed by atoms with Gasteiger partial charge in [0.2, 0.25) is 17.7 Å². The van der Waals surface area contributed by atoms with Gasteiger partial charge in [-0.25, -0.2) is 0 Å². The Hall–Kier alpha value is -3.26. The number of nitrogens with zero attached hydrogens (tertiary/aromatic N) is 3. The van der Waals surface area contributed by atoms with Crippen molar-refractivity contribution in [2.24, 2.45) is 5.92 Å². The molecule has 174 valence electrons. The fourth-order valence-electron chi connectivity index (χ4n) is 4.20. The van der Waals surface area contributed by atoms with Gasteiger partial charge in [-0.05, 0) is 36.4 Å². The summed E-state index contributed by atoms with van der Waals surface area (Å²) >= 11 is 5.95. The second-order valence-corrected chi connectivity index (χ2v) is 8.61. The summed E-state index contributed by atoms with van der Waals surface area (Å²) in [6, 6.07) is 14.8. The van der Waals surface area contributed by atoms with Gasteiger partial charge in [0.15, 0.2) is 0 Å². The molecule has 0 saturated carbocycles. The number of amides is 3. The number of hydrogen-bond acceptors (Lipinski definition) is 5. The second kappa shape index (κ2) is 10.1. The van der Waals surface area contributed by atoms with E-state index in [1.807, 2.05) is 30.3 Å². The topological polar surface area (TPSA) is 82.2 Å². The molecule has 2 aliphatic heterocycles. The summed E-state index contributed by atoms with van der Waals surface area (Å²) in [7, 11) is 1.57. The number of ether oxygens (including phenoxy) is 1. The second-order valence-electron chi connectivity index (χ2n) is 8.17. The normalized spacial score (nSPS) is 18.4. The van der Waals surface area contributed by atoms with Crippen LogP contribution in [0.2, 0.25) is 5.02 Å². The fourth-order valence-corrected chi connectivity index (χ4v) is 4.32. The highest BCUT2D eigenvalue weighted by atomic mass is 35.5. The number of nitrogens with one attached hydrogen (secondary N) is 1. The van der Waals surface area contributed by atoms with E-state index in [4.69, 9.17) is 16.3 Å². The summed E-state index contributed by atoms with van der Waals surface area (Å²) in [5.41, 5.74) is 1.77. The minimum atomic E-state index is -0.488. The van der Waals surface area contributed by atoms with Crippen molar-refractivity contribution < 1.29 is 19.1 Å². The Morgan fingerprint density at radius 2 is 1.79 bits per heavy atom. The van der Waals surface area contributed by atoms with Crippen molar-refractivity contribution in [3.63, 3.8) is 0 Å². The Morgan fingerprint density at radius 3 is 2.48 bits per heavy atom. The van der Waals surface area contributed by atoms with Crippen LogP contribution in [0.5, 0.6) is 5.75 Å². The quantitative estimate of drug-likeness (QED) is 0.699. The summed E-state index contributed by atoms with van der Waals surface area (Å²) in [5, 5.41) is 3.42. The number of benzene rings is 2. The van der Waals surface area contributed by atoms with Crippen LogP contribution in [0.4, 0.5) is 11.4 Å². The molecule has 4 rings (SSSR count). The molecule has 2 fully saturated rings. The molecule has 1 atom stereocenters. The Balaban J connectivity index is 1.24. The van der Waals surface area contributed by atoms with Crippen LogP contribution in [0.25, 0.3) is 0 Å². The van der Waals surface area contributed by atoms with Gasteiger partial charge in [0, 0.05) is 61.6 Å². The molecule has 2 aromatic rings. The zero-order chi connectivity index (χ0) is 23.4. The van der Waals surface area contributed by atoms with Crippen molar-refractivity contribution >= 4 is 40.7 Å². The van der Waals surface area contributed by atoms with Gasteiger partial charge in [0.05, 0.1) is 19.6 Å². The Morgan fingerprint density at radius 1 is 1.06 bits per heavy atom. The van der Waals surface area contributed by atoms with E-state index in [1.54, 1.807) is 35.1 Å². The first kappa shape index (κ1) is 22.9. The first-order chi connectivity index (χ1) is 15.9. The molecule has 0 aromatic heterocycles. The predicted molar refractivity (Wildman–Crippen MR) is 127 cm³/mol. The number of rotatable bonds is 6. The maximum Gasteiger partial charge on any atom is 0.242 e. The van der Waals surface area contributed by atoms with Crippen molar-refractivity contribution in [3.8, 4) is 5.75 Å². The summed E-state index contributed by atoms with van der Waals surface area (Å²) in [5.74, 6) is -0.351. The lowest BCUT2D eigenvalue weighted by Gasteiger charge is -2.36. The van der Waals surface area contributed by atoms with Crippen LogP contribution in [0, 0.1) is 5.92 Å². The van der Waals surface area contributed by atoms with Crippen LogP contribution in [0.1, 0.15) is 6.42 Å². The molecule has 0 bridgehead atoms. The van der Waals surface area contributed by atoms with Gasteiger partial charge >= 0.3 is 0 Å². The number of halogens is 1. The van der Waals surface area contributed by atoms with E-state index in [9.17, 15) is 14.4 Å². The molecule has 3 amide bonds. The van der Waals surface area contributed by atoms with Gasteiger partial charge in [-0.15, -0.1) is 0 Å². The van der Waals surface area contributed by atoms with Crippen molar-refractivity contribution in [2.45, 2.75) is 6.42 Å². The molecule has 1 unspecified atom stereocenters. The fraction of sp³-hybridized carbons (Fsp3) is 0.375. The number of anilines is 2. The molecule has 1 N–H and O–H groups in total. The summed E-state index contributed by atoms with van der Waals surface area (Å²) in [4.78, 5) is 43.3. The summed E-state index contributed by atoms with van der Waals surface area (Å²) in [6.07, 6.45) is 0.122. The van der Waals surface area contributed by atoms with Crippen molar-refractivity contribution in [1.82, 2.24) is 10.2 Å². The molecule has 2 aliphatic rings. The van der Waals surface area contributed by atoms with E-state index in [2.05, 4.69) is 10.2 Å². The van der Waals surface area contributed by atoms with Crippen LogP contribution in [0.15, 0.2) is 48.5 Å². The lowest BCUT2D eigenvalue weighted by Crippen LogP contribution is -2.51. The van der Waals surface area contributed by atoms with Gasteiger partial charge in [-0.1, -0.05) is 17.7 Å². The van der Waals surface area contributed by atoms with Crippen LogP contribution < -0.4 is 19.9 Å². The molecule has 2 saturated heterocycles. The van der Waals surface area contributed by atoms with E-state index < -0.39 is 5.92 Å². The zero-order valence-electron chi connectivity index (χ0n) is 18.5. The first-order valence-corrected chi connectivity index (χ1v) is 11.3. The third kappa shape index (κ3) is 5.39. The average molecular weight is 471 g/mol. The smallest absolute Gasteiger partial charge is 0.242 e. The molecule has 2 aromatic carbocycles. The van der Waals surface area contributed by atoms with E-state index in [1.165, 1.54) is 0 Å². The highest BCUT2D eigenvalue weighted by molar-refractivity contribution is 6.30. The lowest BCUT2D eigenvalue weighted by molar-refractivity contribution is -0.134. The Bertz CT molecular complexity index is 1020. The van der Waals surface area contributed by atoms with Gasteiger partial charge in [0.25, 0.3) is 0 Å². The van der Waals surface area contributed by atoms with Crippen LogP contribution in [0.3, 0.4) is 0 Å². The van der Waals surface area contributed by atoms with Crippen LogP contribution in [-0.2, 0) is 14.4 Å². The van der Waals surface area contributed by atoms with E-state index in [-0.39, 0.29) is 37.2 Å². The molecule has 9 heteroatoms. The van der Waals surface area contributed by atoms with Crippen LogP contribution >= 0.6 is 11.6 Å². The monoisotopic (exact) mass is 470 g/mol. The van der Waals surface area contributed by atoms with Crippen LogP contribution in [-0.4, -0.2) is 69.0 Å². The average Bonchev–Trinajstić information content (AvgIpc) is 3.24. The molecule has 33 heavy (non-hydrogen) atoms. The minimum absolute atomic E-state index is 0.0658. The molecule has 0 aliphatic carbocycles. The van der Waals surface area contributed by atoms with E-state index in [0.29, 0.717) is 42.6 Å². The molecular weight excluding hydrogens is 444 g/mol. The molecule has 2 heterocycles. The highest BCUT2D eigenvalue weighted by Gasteiger charge is 2.35. The van der Waals surface area contributed by atoms with Crippen molar-refractivity contribution in [1.29, 1.82) is 0 Å². The van der Waals surface area contributed by atoms with Crippen molar-refractivity contribution in [2.75, 3.05) is 56.2 Å². The summed E-state index contributed by atoms with van der Waals surface area (Å²) in [6.45, 7) is 2.82. The minimum Gasteiger partial charge on any atom is -0.497 e. The highest BCUT2D eigenvalue weighted by Crippen LogP contribution is 2.28. The Labute approximate surface area is 198 Å². The Kier molecular flexibility index (Phi) is 7.03. The molecular formula is C24H27ClN4O4. The first-order valence-electron chi connectivity index (χ1n) is 10.9. The van der Waals surface area contributed by atoms with E-state index in [0.717, 1.165) is 5.69 Å². The van der Waals surface area contributed by atoms with Crippen molar-refractivity contribution in [3.05, 3.63) is 53.6 Å². The van der Waals surface area contributed by atoms with Gasteiger partial charge in [-0.2, -0.15) is 0 Å². The standard InChI is InChI=1S/C24H27ClN4O4/c1-33-21-4-2-3-20(14-21)29-16-17(13-22(29)30)24(32)26-15-23(31)28-11-9-27(10-12-28)19-7-5-18(25)6-8-19/h2-8,14,17H,9-13,15-16H2,1H3,(H,26,32). The molecule has 8 nitrogen and oxygen atoms in total. The van der Waals surface area contributed by atoms with E-state index >= 15 is 0 Å². The number of piperazine rings is 1. The SMILES string of the molecule is COc1cccc(N2CC(C(=O)NCC(=O)N3CCN(c4ccc(Cl)cc4)CC3)CC2=O)c1. The van der Waals surface area contributed by atoms with Gasteiger partial charge in [-0.3, -0.25) is 14.4 Å². The number of carbonyl (C=O) groups excluding carboxylic acids is 3. The maximum absolute atomic E-state index is 12.6. The number of methoxy groups -OCH3 is 1. The zero-order valence-corrected chi connectivity index (χ0v) is 19.3. The number of carbonyl (C=O) groups is 3. The maximum atomic E-state index is 12.6. The van der Waals surface area contributed by atoms with Gasteiger partial charge < -0.3 is 24.8 Å². The molecule has 0 spiro atoms. The largest absolute Gasteiger partial charge is 0.497 e. The molecule has 0 radical (unpaired) electrons. The van der Waals surface area contributed by atoms with Gasteiger partial charge in [0.1, 0.15) is 5.75 Å². The summed E-state index contributed by atoms with van der Waals surface area (Å²) < 4.78 is 5.22. The number of hydrogen-bond donors (Lipinski definition) is 1. The third-order valence-electron chi connectivity index (χ3n) is 6.10. The third-order valence-corrected chi connectivity index (χ3v) is 6.35.